The Morgan fingerprint density at radius 2 is 1.58 bits per heavy atom. The van der Waals surface area contributed by atoms with E-state index >= 15 is 0 Å². The molecule has 0 aliphatic carbocycles. The number of aliphatic hydroxyl groups is 1. The fourth-order valence-electron chi connectivity index (χ4n) is 6.86. The van der Waals surface area contributed by atoms with Crippen LogP contribution in [0.25, 0.3) is 5.57 Å². The van der Waals surface area contributed by atoms with E-state index in [-0.39, 0.29) is 67.5 Å². The minimum absolute atomic E-state index is 0.0231. The summed E-state index contributed by atoms with van der Waals surface area (Å²) < 4.78 is 18.0. The van der Waals surface area contributed by atoms with Crippen molar-refractivity contribution in [3.05, 3.63) is 92.4 Å². The molecule has 0 spiro atoms. The van der Waals surface area contributed by atoms with Gasteiger partial charge in [0, 0.05) is 74.6 Å². The number of ether oxygens (including phenoxy) is 3. The number of fused-ring (bicyclic) bond motifs is 4. The quantitative estimate of drug-likeness (QED) is 0.100. The smallest absolute Gasteiger partial charge is 0.415 e. The van der Waals surface area contributed by atoms with E-state index in [0.29, 0.717) is 42.3 Å². The Bertz CT molecular complexity index is 2100. The van der Waals surface area contributed by atoms with E-state index in [1.54, 1.807) is 75.2 Å². The molecule has 3 unspecified atom stereocenters. The number of nitrogens with zero attached hydrogens (tertiary/aromatic N) is 3. The number of carbonyl (C=O) groups is 5. The van der Waals surface area contributed by atoms with Crippen molar-refractivity contribution in [2.75, 3.05) is 65.6 Å². The zero-order valence-corrected chi connectivity index (χ0v) is 39.5. The molecule has 0 bridgehead atoms. The number of pyridine rings is 1. The van der Waals surface area contributed by atoms with E-state index in [9.17, 15) is 33.9 Å². The summed E-state index contributed by atoms with van der Waals surface area (Å²) in [4.78, 5) is 75.2. The zero-order chi connectivity index (χ0) is 48.1. The van der Waals surface area contributed by atoms with Crippen molar-refractivity contribution in [3.63, 3.8) is 0 Å². The van der Waals surface area contributed by atoms with Gasteiger partial charge >= 0.3 is 12.2 Å². The molecule has 64 heavy (non-hydrogen) atoms. The third-order valence-electron chi connectivity index (χ3n) is 10.3. The predicted octanol–water partition coefficient (Wildman–Crippen LogP) is 5.91. The van der Waals surface area contributed by atoms with E-state index in [2.05, 4.69) is 21.3 Å². The Morgan fingerprint density at radius 3 is 2.11 bits per heavy atom. The number of likely N-dealkylation sites (N-methyl/N-ethyl adjacent to an activating group) is 4. The largest absolute Gasteiger partial charge is 0.445 e. The number of anilines is 2. The summed E-state index contributed by atoms with van der Waals surface area (Å²) in [5, 5.41) is 22.3. The third kappa shape index (κ3) is 14.3. The first-order valence-electron chi connectivity index (χ1n) is 21.7. The van der Waals surface area contributed by atoms with E-state index in [4.69, 9.17) is 14.2 Å². The van der Waals surface area contributed by atoms with E-state index in [1.807, 2.05) is 54.5 Å². The molecule has 5 N–H and O–H groups in total. The highest BCUT2D eigenvalue weighted by Crippen LogP contribution is 2.46. The molecular formula is C47H69N7O10. The number of carbonyl (C=O) groups excluding carboxylic acids is 5. The second-order valence-electron chi connectivity index (χ2n) is 14.8. The SMILES string of the molecule is CC.CC.CCC1=C2Cn3c(cc(C(O)C=O)c(COC)c3=O)C2Nc2ccc(OC(=O)N(C)CCN(C)C(=O)OCc3ccc(NC(=O)CNC)cc3)cc21.CNC(C=O)C(C)C. The second kappa shape index (κ2) is 27.3. The molecule has 0 saturated heterocycles. The lowest BCUT2D eigenvalue weighted by molar-refractivity contribution is -0.115. The number of rotatable bonds is 17. The molecule has 1 aromatic heterocycles. The second-order valence-corrected chi connectivity index (χ2v) is 14.8. The van der Waals surface area contributed by atoms with Crippen LogP contribution in [0.5, 0.6) is 5.75 Å². The van der Waals surface area contributed by atoms with Crippen molar-refractivity contribution in [2.45, 2.75) is 92.8 Å². The van der Waals surface area contributed by atoms with Crippen molar-refractivity contribution < 1.29 is 43.3 Å². The van der Waals surface area contributed by atoms with Crippen molar-refractivity contribution in [1.82, 2.24) is 25.0 Å². The lowest BCUT2D eigenvalue weighted by atomic mass is 9.88. The van der Waals surface area contributed by atoms with Gasteiger partial charge in [0.15, 0.2) is 6.29 Å². The summed E-state index contributed by atoms with van der Waals surface area (Å²) in [7, 11) is 8.07. The van der Waals surface area contributed by atoms with Gasteiger partial charge < -0.3 is 64.5 Å². The van der Waals surface area contributed by atoms with Gasteiger partial charge in [-0.05, 0) is 79.5 Å². The highest BCUT2D eigenvalue weighted by Gasteiger charge is 2.37. The summed E-state index contributed by atoms with van der Waals surface area (Å²) in [6, 6.07) is 13.6. The van der Waals surface area contributed by atoms with Gasteiger partial charge in [-0.3, -0.25) is 9.59 Å². The van der Waals surface area contributed by atoms with Gasteiger partial charge in [-0.2, -0.15) is 0 Å². The van der Waals surface area contributed by atoms with Crippen molar-refractivity contribution in [1.29, 1.82) is 0 Å². The summed E-state index contributed by atoms with van der Waals surface area (Å²) in [5.74, 6) is 0.564. The van der Waals surface area contributed by atoms with Crippen LogP contribution in [-0.2, 0) is 43.6 Å². The number of allylic oxidation sites excluding steroid dienone is 1. The first-order valence-corrected chi connectivity index (χ1v) is 21.7. The van der Waals surface area contributed by atoms with Crippen LogP contribution in [0.2, 0.25) is 0 Å². The fourth-order valence-corrected chi connectivity index (χ4v) is 6.86. The van der Waals surface area contributed by atoms with Gasteiger partial charge in [-0.25, -0.2) is 9.59 Å². The maximum atomic E-state index is 13.5. The number of hydrogen-bond acceptors (Lipinski definition) is 13. The third-order valence-corrected chi connectivity index (χ3v) is 10.3. The average Bonchev–Trinajstić information content (AvgIpc) is 3.67. The molecule has 2 aromatic carbocycles. The molecule has 3 amide bonds. The summed E-state index contributed by atoms with van der Waals surface area (Å²) in [6.07, 6.45) is -0.657. The maximum Gasteiger partial charge on any atom is 0.415 e. The average molecular weight is 892 g/mol. The van der Waals surface area contributed by atoms with E-state index < -0.39 is 18.3 Å². The van der Waals surface area contributed by atoms with E-state index in [1.165, 1.54) is 16.9 Å². The van der Waals surface area contributed by atoms with Gasteiger partial charge in [-0.15, -0.1) is 0 Å². The van der Waals surface area contributed by atoms with Crippen LogP contribution in [0.1, 0.15) is 95.0 Å². The standard InChI is InChI=1S/C37H44N6O9.C6H13NO.2C2H6/c1-6-25-26-15-24(11-12-30(26)40-34-28(25)18-43-31(34)16-27(32(45)19-44)29(21-50-5)35(43)47)52-37(49)42(4)14-13-41(3)36(48)51-20-22-7-9-23(10-8-22)39-33(46)17-38-2;1-5(2)6(4-8)7-3;2*1-2/h7-12,15-16,19,32,34,38,40,45H,6,13-14,17-18,20-21H2,1-5H3,(H,39,46);4-7H,1-3H3;2*1-2H3. The number of benzene rings is 2. The molecule has 3 atom stereocenters. The molecule has 17 heteroatoms. The molecule has 0 saturated carbocycles. The number of aldehydes is 2. The number of aromatic nitrogens is 1. The van der Waals surface area contributed by atoms with Crippen molar-refractivity contribution in [2.24, 2.45) is 5.92 Å². The van der Waals surface area contributed by atoms with Crippen molar-refractivity contribution in [3.8, 4) is 5.75 Å². The fraction of sp³-hybridized carbons (Fsp3) is 0.489. The van der Waals surface area contributed by atoms with Gasteiger partial charge in [-0.1, -0.05) is 60.6 Å². The summed E-state index contributed by atoms with van der Waals surface area (Å²) in [6.45, 7) is 14.9. The summed E-state index contributed by atoms with van der Waals surface area (Å²) in [5.41, 5.74) is 5.73. The Hall–Kier alpha value is -5.88. The topological polar surface area (TPSA) is 210 Å². The number of methoxy groups -OCH3 is 1. The molecule has 17 nitrogen and oxygen atoms in total. The Morgan fingerprint density at radius 1 is 0.938 bits per heavy atom. The van der Waals surface area contributed by atoms with Crippen LogP contribution in [0.3, 0.4) is 0 Å². The highest BCUT2D eigenvalue weighted by molar-refractivity contribution is 5.92. The minimum Gasteiger partial charge on any atom is -0.445 e. The Balaban J connectivity index is 0.00000105. The summed E-state index contributed by atoms with van der Waals surface area (Å²) >= 11 is 0. The van der Waals surface area contributed by atoms with Gasteiger partial charge in [0.2, 0.25) is 5.91 Å². The van der Waals surface area contributed by atoms with Crippen molar-refractivity contribution >= 4 is 47.6 Å². The molecule has 2 aliphatic heterocycles. The normalized spacial score (nSPS) is 13.9. The van der Waals surface area contributed by atoms with Crippen LogP contribution in [0.15, 0.2) is 58.9 Å². The van der Waals surface area contributed by atoms with E-state index in [0.717, 1.165) is 34.2 Å². The Labute approximate surface area is 377 Å². The van der Waals surface area contributed by atoms with Crippen LogP contribution < -0.4 is 31.6 Å². The van der Waals surface area contributed by atoms with Crippen LogP contribution in [-0.4, -0.2) is 111 Å². The first-order chi connectivity index (χ1) is 30.7. The molecular weight excluding hydrogens is 823 g/mol. The maximum absolute atomic E-state index is 13.5. The van der Waals surface area contributed by atoms with Gasteiger partial charge in [0.1, 0.15) is 24.7 Å². The molecule has 352 valence electrons. The number of hydrogen-bond donors (Lipinski definition) is 5. The zero-order valence-electron chi connectivity index (χ0n) is 39.5. The van der Waals surface area contributed by atoms with Crippen LogP contribution >= 0.6 is 0 Å². The predicted molar refractivity (Wildman–Crippen MR) is 249 cm³/mol. The minimum atomic E-state index is -1.46. The lowest BCUT2D eigenvalue weighted by Crippen LogP contribution is -2.38. The Kier molecular flexibility index (Phi) is 23.2. The molecule has 2 aliphatic rings. The lowest BCUT2D eigenvalue weighted by Gasteiger charge is -2.28. The highest BCUT2D eigenvalue weighted by atomic mass is 16.6. The van der Waals surface area contributed by atoms with Gasteiger partial charge in [0.25, 0.3) is 5.56 Å². The molecule has 3 aromatic rings. The molecule has 0 radical (unpaired) electrons. The number of amides is 3. The number of aliphatic hydroxyl groups excluding tert-OH is 1. The molecule has 3 heterocycles. The monoisotopic (exact) mass is 892 g/mol. The molecule has 5 rings (SSSR count). The van der Waals surface area contributed by atoms with Gasteiger partial charge in [0.05, 0.1) is 25.2 Å². The molecule has 0 fully saturated rings. The van der Waals surface area contributed by atoms with Crippen LogP contribution in [0, 0.1) is 5.92 Å². The first kappa shape index (κ1) is 54.3. The number of nitrogens with one attached hydrogen (secondary N) is 4. The van der Waals surface area contributed by atoms with Crippen LogP contribution in [0.4, 0.5) is 21.0 Å².